The Bertz CT molecular complexity index is 344. The summed E-state index contributed by atoms with van der Waals surface area (Å²) in [7, 11) is 0. The zero-order chi connectivity index (χ0) is 9.26. The number of hydrogen-bond donors (Lipinski definition) is 0. The summed E-state index contributed by atoms with van der Waals surface area (Å²) in [5, 5.41) is 0. The van der Waals surface area contributed by atoms with Crippen LogP contribution in [-0.4, -0.2) is 11.5 Å². The van der Waals surface area contributed by atoms with Gasteiger partial charge in [-0.25, -0.2) is 0 Å². The molecule has 0 bridgehead atoms. The Morgan fingerprint density at radius 3 is 3.15 bits per heavy atom. The predicted octanol–water partition coefficient (Wildman–Crippen LogP) is 2.93. The Labute approximate surface area is 82.5 Å². The first-order valence-electron chi connectivity index (χ1n) is 4.60. The molecule has 0 aliphatic carbocycles. The monoisotopic (exact) mass is 192 g/mol. The SMILES string of the molecule is CCC(=O)c1ccc2c(c1)CCS2. The largest absolute Gasteiger partial charge is 0.294 e. The topological polar surface area (TPSA) is 17.1 Å². The third kappa shape index (κ3) is 1.63. The summed E-state index contributed by atoms with van der Waals surface area (Å²) in [6.45, 7) is 1.91. The molecule has 1 aromatic carbocycles. The van der Waals surface area contributed by atoms with E-state index >= 15 is 0 Å². The molecule has 0 saturated carbocycles. The van der Waals surface area contributed by atoms with E-state index in [2.05, 4.69) is 12.1 Å². The highest BCUT2D eigenvalue weighted by molar-refractivity contribution is 7.99. The van der Waals surface area contributed by atoms with Crippen molar-refractivity contribution >= 4 is 17.5 Å². The third-order valence-electron chi connectivity index (χ3n) is 2.33. The van der Waals surface area contributed by atoms with Gasteiger partial charge in [-0.3, -0.25) is 4.79 Å². The minimum absolute atomic E-state index is 0.250. The lowest BCUT2D eigenvalue weighted by molar-refractivity contribution is 0.0988. The van der Waals surface area contributed by atoms with Crippen LogP contribution in [0.1, 0.15) is 29.3 Å². The van der Waals surface area contributed by atoms with E-state index < -0.39 is 0 Å². The molecule has 0 unspecified atom stereocenters. The molecule has 0 fully saturated rings. The molecular formula is C11H12OS. The van der Waals surface area contributed by atoms with Gasteiger partial charge in [-0.05, 0) is 24.1 Å². The number of thioether (sulfide) groups is 1. The second-order valence-corrected chi connectivity index (χ2v) is 4.33. The number of rotatable bonds is 2. The Balaban J connectivity index is 2.36. The smallest absolute Gasteiger partial charge is 0.162 e. The molecule has 13 heavy (non-hydrogen) atoms. The lowest BCUT2D eigenvalue weighted by Gasteiger charge is -2.01. The van der Waals surface area contributed by atoms with Crippen LogP contribution >= 0.6 is 11.8 Å². The molecule has 2 rings (SSSR count). The number of carbonyl (C=O) groups is 1. The van der Waals surface area contributed by atoms with Gasteiger partial charge in [-0.15, -0.1) is 11.8 Å². The predicted molar refractivity (Wildman–Crippen MR) is 55.5 cm³/mol. The summed E-state index contributed by atoms with van der Waals surface area (Å²) in [6, 6.07) is 6.08. The van der Waals surface area contributed by atoms with E-state index in [1.54, 1.807) is 0 Å². The number of hydrogen-bond acceptors (Lipinski definition) is 2. The van der Waals surface area contributed by atoms with Gasteiger partial charge in [0.2, 0.25) is 0 Å². The van der Waals surface area contributed by atoms with Gasteiger partial charge in [-0.2, -0.15) is 0 Å². The zero-order valence-corrected chi connectivity index (χ0v) is 8.49. The first-order chi connectivity index (χ1) is 6.31. The second kappa shape index (κ2) is 3.54. The summed E-state index contributed by atoms with van der Waals surface area (Å²) < 4.78 is 0. The molecule has 68 valence electrons. The Hall–Kier alpha value is -0.760. The maximum Gasteiger partial charge on any atom is 0.162 e. The van der Waals surface area contributed by atoms with Crippen molar-refractivity contribution in [2.45, 2.75) is 24.7 Å². The Kier molecular flexibility index (Phi) is 2.40. The molecule has 0 saturated heterocycles. The quantitative estimate of drug-likeness (QED) is 0.670. The molecular weight excluding hydrogens is 180 g/mol. The molecule has 1 aromatic rings. The molecule has 1 aliphatic heterocycles. The normalized spacial score (nSPS) is 14.2. The van der Waals surface area contributed by atoms with E-state index in [1.165, 1.54) is 16.2 Å². The summed E-state index contributed by atoms with van der Waals surface area (Å²) in [5.74, 6) is 1.42. The molecule has 2 heteroatoms. The van der Waals surface area contributed by atoms with Crippen LogP contribution in [0.25, 0.3) is 0 Å². The van der Waals surface area contributed by atoms with Crippen LogP contribution in [0.3, 0.4) is 0 Å². The van der Waals surface area contributed by atoms with Gasteiger partial charge in [0.1, 0.15) is 0 Å². The molecule has 0 amide bonds. The number of benzene rings is 1. The minimum atomic E-state index is 0.250. The van der Waals surface area contributed by atoms with Crippen LogP contribution in [0.5, 0.6) is 0 Å². The molecule has 1 heterocycles. The molecule has 0 aromatic heterocycles. The number of Topliss-reactive ketones (excluding diaryl/α,β-unsaturated/α-hetero) is 1. The standard InChI is InChI=1S/C11H12OS/c1-2-10(12)8-3-4-11-9(7-8)5-6-13-11/h3-4,7H,2,5-6H2,1H3. The van der Waals surface area contributed by atoms with Crippen LogP contribution in [0, 0.1) is 0 Å². The summed E-state index contributed by atoms with van der Waals surface area (Å²) >= 11 is 1.88. The van der Waals surface area contributed by atoms with Crippen molar-refractivity contribution in [1.29, 1.82) is 0 Å². The van der Waals surface area contributed by atoms with Gasteiger partial charge >= 0.3 is 0 Å². The fraction of sp³-hybridized carbons (Fsp3) is 0.364. The second-order valence-electron chi connectivity index (χ2n) is 3.20. The lowest BCUT2D eigenvalue weighted by atomic mass is 10.0. The van der Waals surface area contributed by atoms with Crippen LogP contribution < -0.4 is 0 Å². The fourth-order valence-corrected chi connectivity index (χ4v) is 2.62. The van der Waals surface area contributed by atoms with E-state index in [1.807, 2.05) is 24.8 Å². The van der Waals surface area contributed by atoms with Crippen molar-refractivity contribution in [2.24, 2.45) is 0 Å². The fourth-order valence-electron chi connectivity index (χ4n) is 1.56. The molecule has 0 spiro atoms. The minimum Gasteiger partial charge on any atom is -0.294 e. The van der Waals surface area contributed by atoms with Crippen molar-refractivity contribution in [3.8, 4) is 0 Å². The van der Waals surface area contributed by atoms with Gasteiger partial charge < -0.3 is 0 Å². The van der Waals surface area contributed by atoms with E-state index in [-0.39, 0.29) is 5.78 Å². The zero-order valence-electron chi connectivity index (χ0n) is 7.67. The highest BCUT2D eigenvalue weighted by Gasteiger charge is 2.13. The van der Waals surface area contributed by atoms with Gasteiger partial charge in [0, 0.05) is 22.6 Å². The van der Waals surface area contributed by atoms with E-state index in [9.17, 15) is 4.79 Å². The summed E-state index contributed by atoms with van der Waals surface area (Å²) in [4.78, 5) is 12.8. The lowest BCUT2D eigenvalue weighted by Crippen LogP contribution is -1.97. The van der Waals surface area contributed by atoms with Crippen LogP contribution in [-0.2, 0) is 6.42 Å². The van der Waals surface area contributed by atoms with Crippen LogP contribution in [0.15, 0.2) is 23.1 Å². The highest BCUT2D eigenvalue weighted by Crippen LogP contribution is 2.31. The Morgan fingerprint density at radius 1 is 1.54 bits per heavy atom. The number of ketones is 1. The first kappa shape index (κ1) is 8.82. The van der Waals surface area contributed by atoms with Gasteiger partial charge in [0.15, 0.2) is 5.78 Å². The third-order valence-corrected chi connectivity index (χ3v) is 3.45. The van der Waals surface area contributed by atoms with E-state index in [0.717, 1.165) is 12.0 Å². The molecule has 1 nitrogen and oxygen atoms in total. The van der Waals surface area contributed by atoms with Crippen molar-refractivity contribution < 1.29 is 4.79 Å². The van der Waals surface area contributed by atoms with Crippen molar-refractivity contribution in [3.05, 3.63) is 29.3 Å². The first-order valence-corrected chi connectivity index (χ1v) is 5.58. The number of carbonyl (C=O) groups excluding carboxylic acids is 1. The maximum atomic E-state index is 11.4. The molecule has 1 aliphatic rings. The summed E-state index contributed by atoms with van der Waals surface area (Å²) in [5.41, 5.74) is 2.23. The van der Waals surface area contributed by atoms with Gasteiger partial charge in [0.05, 0.1) is 0 Å². The van der Waals surface area contributed by atoms with Crippen LogP contribution in [0.2, 0.25) is 0 Å². The van der Waals surface area contributed by atoms with Crippen LogP contribution in [0.4, 0.5) is 0 Å². The number of aryl methyl sites for hydroxylation is 1. The maximum absolute atomic E-state index is 11.4. The summed E-state index contributed by atoms with van der Waals surface area (Å²) in [6.07, 6.45) is 1.72. The van der Waals surface area contributed by atoms with E-state index in [0.29, 0.717) is 6.42 Å². The molecule has 0 radical (unpaired) electrons. The van der Waals surface area contributed by atoms with E-state index in [4.69, 9.17) is 0 Å². The molecule has 0 atom stereocenters. The number of fused-ring (bicyclic) bond motifs is 1. The van der Waals surface area contributed by atoms with Crippen molar-refractivity contribution in [2.75, 3.05) is 5.75 Å². The average Bonchev–Trinajstić information content (AvgIpc) is 2.63. The van der Waals surface area contributed by atoms with Gasteiger partial charge in [0.25, 0.3) is 0 Å². The van der Waals surface area contributed by atoms with Gasteiger partial charge in [-0.1, -0.05) is 13.0 Å². The Morgan fingerprint density at radius 2 is 2.38 bits per heavy atom. The highest BCUT2D eigenvalue weighted by atomic mass is 32.2. The van der Waals surface area contributed by atoms with Crippen molar-refractivity contribution in [1.82, 2.24) is 0 Å². The molecule has 0 N–H and O–H groups in total. The average molecular weight is 192 g/mol. The van der Waals surface area contributed by atoms with Crippen molar-refractivity contribution in [3.63, 3.8) is 0 Å².